The van der Waals surface area contributed by atoms with E-state index in [0.29, 0.717) is 17.3 Å². The molecule has 3 heterocycles. The summed E-state index contributed by atoms with van der Waals surface area (Å²) in [6, 6.07) is 11.3. The summed E-state index contributed by atoms with van der Waals surface area (Å²) >= 11 is 6.01. The van der Waals surface area contributed by atoms with Gasteiger partial charge in [-0.15, -0.1) is 0 Å². The maximum Gasteiger partial charge on any atom is 0.267 e. The molecule has 0 spiro atoms. The van der Waals surface area contributed by atoms with E-state index in [-0.39, 0.29) is 5.91 Å². The molecule has 0 saturated carbocycles. The highest BCUT2D eigenvalue weighted by atomic mass is 35.5. The second-order valence-electron chi connectivity index (χ2n) is 6.91. The van der Waals surface area contributed by atoms with Crippen molar-refractivity contribution >= 4 is 34.2 Å². The lowest BCUT2D eigenvalue weighted by molar-refractivity contribution is 0.0946. The molecule has 0 unspecified atom stereocenters. The van der Waals surface area contributed by atoms with Crippen LogP contribution in [0, 0.1) is 0 Å². The van der Waals surface area contributed by atoms with Crippen LogP contribution >= 0.6 is 11.6 Å². The van der Waals surface area contributed by atoms with Gasteiger partial charge in [0.1, 0.15) is 11.5 Å². The Hall–Kier alpha value is -2.57. The fourth-order valence-electron chi connectivity index (χ4n) is 3.28. The molecule has 2 aromatic heterocycles. The van der Waals surface area contributed by atoms with E-state index in [1.54, 1.807) is 12.3 Å². The van der Waals surface area contributed by atoms with E-state index in [4.69, 9.17) is 11.6 Å². The summed E-state index contributed by atoms with van der Waals surface area (Å²) in [4.78, 5) is 24.7. The Morgan fingerprint density at radius 2 is 2.00 bits per heavy atom. The minimum atomic E-state index is -0.139. The quantitative estimate of drug-likeness (QED) is 0.727. The number of likely N-dealkylation sites (N-methyl/N-ethyl adjacent to an activating group) is 1. The van der Waals surface area contributed by atoms with E-state index in [2.05, 4.69) is 38.2 Å². The first-order valence-electron chi connectivity index (χ1n) is 9.03. The van der Waals surface area contributed by atoms with Crippen LogP contribution in [-0.2, 0) is 6.54 Å². The Labute approximate surface area is 163 Å². The monoisotopic (exact) mass is 383 g/mol. The van der Waals surface area contributed by atoms with Crippen LogP contribution in [0.1, 0.15) is 16.1 Å². The number of halogens is 1. The molecule has 1 fully saturated rings. The van der Waals surface area contributed by atoms with Crippen molar-refractivity contribution in [2.75, 3.05) is 38.1 Å². The van der Waals surface area contributed by atoms with E-state index in [0.717, 1.165) is 48.5 Å². The van der Waals surface area contributed by atoms with Crippen molar-refractivity contribution < 1.29 is 4.79 Å². The fourth-order valence-corrected chi connectivity index (χ4v) is 3.46. The number of hydrogen-bond donors (Lipinski definition) is 2. The number of nitrogens with one attached hydrogen (secondary N) is 2. The van der Waals surface area contributed by atoms with E-state index in [9.17, 15) is 4.79 Å². The lowest BCUT2D eigenvalue weighted by atomic mass is 10.2. The van der Waals surface area contributed by atoms with E-state index >= 15 is 0 Å². The summed E-state index contributed by atoms with van der Waals surface area (Å²) in [7, 11) is 2.13. The first kappa shape index (κ1) is 17.8. The van der Waals surface area contributed by atoms with Crippen molar-refractivity contribution in [2.45, 2.75) is 6.54 Å². The van der Waals surface area contributed by atoms with Crippen LogP contribution in [0.2, 0.25) is 5.02 Å². The van der Waals surface area contributed by atoms with E-state index in [1.807, 2.05) is 24.3 Å². The Bertz CT molecular complexity index is 962. The molecule has 4 rings (SSSR count). The molecule has 1 amide bonds. The number of amides is 1. The van der Waals surface area contributed by atoms with Gasteiger partial charge >= 0.3 is 0 Å². The number of aromatic amines is 1. The molecular formula is C20H22ClN5O. The number of benzene rings is 1. The number of anilines is 1. The third-order valence-corrected chi connectivity index (χ3v) is 5.15. The zero-order valence-electron chi connectivity index (χ0n) is 15.2. The van der Waals surface area contributed by atoms with Gasteiger partial charge in [-0.1, -0.05) is 11.6 Å². The first-order valence-corrected chi connectivity index (χ1v) is 9.41. The number of rotatable bonds is 4. The van der Waals surface area contributed by atoms with E-state index in [1.165, 1.54) is 0 Å². The van der Waals surface area contributed by atoms with Crippen LogP contribution in [0.5, 0.6) is 0 Å². The first-order chi connectivity index (χ1) is 13.1. The maximum atomic E-state index is 12.5. The zero-order valence-corrected chi connectivity index (χ0v) is 16.0. The number of hydrogen-bond acceptors (Lipinski definition) is 4. The summed E-state index contributed by atoms with van der Waals surface area (Å²) in [5.41, 5.74) is 2.46. The predicted octanol–water partition coefficient (Wildman–Crippen LogP) is 2.90. The van der Waals surface area contributed by atoms with Gasteiger partial charge in [-0.25, -0.2) is 4.98 Å². The van der Waals surface area contributed by atoms with Gasteiger partial charge in [0.15, 0.2) is 0 Å². The highest BCUT2D eigenvalue weighted by Gasteiger charge is 2.16. The fraction of sp³-hybridized carbons (Fsp3) is 0.300. The number of carbonyl (C=O) groups excluding carboxylic acids is 1. The van der Waals surface area contributed by atoms with Crippen molar-refractivity contribution in [2.24, 2.45) is 0 Å². The minimum absolute atomic E-state index is 0.139. The average molecular weight is 384 g/mol. The second-order valence-corrected chi connectivity index (χ2v) is 7.35. The number of piperazine rings is 1. The van der Waals surface area contributed by atoms with Crippen LogP contribution in [0.15, 0.2) is 42.6 Å². The van der Waals surface area contributed by atoms with Crippen LogP contribution < -0.4 is 10.2 Å². The number of fused-ring (bicyclic) bond motifs is 1. The van der Waals surface area contributed by atoms with Gasteiger partial charge in [-0.2, -0.15) is 0 Å². The number of aromatic nitrogens is 2. The van der Waals surface area contributed by atoms with Gasteiger partial charge in [0.05, 0.1) is 0 Å². The normalized spacial score (nSPS) is 15.3. The third-order valence-electron chi connectivity index (χ3n) is 4.92. The highest BCUT2D eigenvalue weighted by Crippen LogP contribution is 2.20. The molecule has 1 saturated heterocycles. The Kier molecular flexibility index (Phi) is 5.01. The smallest absolute Gasteiger partial charge is 0.267 e. The Morgan fingerprint density at radius 1 is 1.19 bits per heavy atom. The van der Waals surface area contributed by atoms with Crippen LogP contribution in [-0.4, -0.2) is 54.0 Å². The molecular weight excluding hydrogens is 362 g/mol. The largest absolute Gasteiger partial charge is 0.354 e. The standard InChI is InChI=1S/C20H22ClN5O/c1-25-6-8-26(9-7-25)19-10-14(4-5-22-19)13-23-20(27)18-12-15-11-16(21)2-3-17(15)24-18/h2-5,10-12,24H,6-9,13H2,1H3,(H,23,27). The molecule has 6 nitrogen and oxygen atoms in total. The molecule has 0 radical (unpaired) electrons. The van der Waals surface area contributed by atoms with Crippen LogP contribution in [0.3, 0.4) is 0 Å². The number of H-pyrrole nitrogens is 1. The summed E-state index contributed by atoms with van der Waals surface area (Å²) in [6.07, 6.45) is 1.81. The molecule has 2 N–H and O–H groups in total. The van der Waals surface area contributed by atoms with Gasteiger partial charge < -0.3 is 20.1 Å². The molecule has 1 aliphatic heterocycles. The highest BCUT2D eigenvalue weighted by molar-refractivity contribution is 6.31. The molecule has 0 aliphatic carbocycles. The van der Waals surface area contributed by atoms with Crippen molar-refractivity contribution in [3.63, 3.8) is 0 Å². The number of carbonyl (C=O) groups is 1. The third kappa shape index (κ3) is 4.07. The van der Waals surface area contributed by atoms with Gasteiger partial charge in [-0.05, 0) is 49.0 Å². The van der Waals surface area contributed by atoms with E-state index < -0.39 is 0 Å². The molecule has 1 aliphatic rings. The van der Waals surface area contributed by atoms with Gasteiger partial charge in [0, 0.05) is 54.8 Å². The minimum Gasteiger partial charge on any atom is -0.354 e. The van der Waals surface area contributed by atoms with Crippen molar-refractivity contribution in [3.05, 3.63) is 58.9 Å². The summed E-state index contributed by atoms with van der Waals surface area (Å²) in [5.74, 6) is 0.829. The lowest BCUT2D eigenvalue weighted by Crippen LogP contribution is -2.44. The summed E-state index contributed by atoms with van der Waals surface area (Å²) < 4.78 is 0. The molecule has 140 valence electrons. The Morgan fingerprint density at radius 3 is 2.81 bits per heavy atom. The molecule has 3 aromatic rings. The topological polar surface area (TPSA) is 64.3 Å². The Balaban J connectivity index is 1.41. The molecule has 7 heteroatoms. The second kappa shape index (κ2) is 7.58. The van der Waals surface area contributed by atoms with Crippen molar-refractivity contribution in [3.8, 4) is 0 Å². The molecule has 0 atom stereocenters. The van der Waals surface area contributed by atoms with Gasteiger partial charge in [-0.3, -0.25) is 4.79 Å². The van der Waals surface area contributed by atoms with Crippen molar-refractivity contribution in [1.82, 2.24) is 20.2 Å². The predicted molar refractivity (Wildman–Crippen MR) is 108 cm³/mol. The molecule has 27 heavy (non-hydrogen) atoms. The SMILES string of the molecule is CN1CCN(c2cc(CNC(=O)c3cc4cc(Cl)ccc4[nH]3)ccn2)CC1. The van der Waals surface area contributed by atoms with Gasteiger partial charge in [0.2, 0.25) is 0 Å². The zero-order chi connectivity index (χ0) is 18.8. The molecule has 1 aromatic carbocycles. The average Bonchev–Trinajstić information content (AvgIpc) is 3.10. The van der Waals surface area contributed by atoms with Gasteiger partial charge in [0.25, 0.3) is 5.91 Å². The summed E-state index contributed by atoms with van der Waals surface area (Å²) in [6.45, 7) is 4.46. The van der Waals surface area contributed by atoms with Crippen molar-refractivity contribution in [1.29, 1.82) is 0 Å². The molecule has 0 bridgehead atoms. The maximum absolute atomic E-state index is 12.5. The lowest BCUT2D eigenvalue weighted by Gasteiger charge is -2.33. The van der Waals surface area contributed by atoms with Crippen LogP contribution in [0.4, 0.5) is 5.82 Å². The summed E-state index contributed by atoms with van der Waals surface area (Å²) in [5, 5.41) is 4.55. The number of pyridine rings is 1. The number of nitrogens with zero attached hydrogens (tertiary/aromatic N) is 3. The van der Waals surface area contributed by atoms with Crippen LogP contribution in [0.25, 0.3) is 10.9 Å².